The molecule has 0 spiro atoms. The maximum Gasteiger partial charge on any atom is 0.435 e. The van der Waals surface area contributed by atoms with Crippen molar-refractivity contribution >= 4 is 17.2 Å². The molecule has 0 radical (unpaired) electrons. The van der Waals surface area contributed by atoms with Crippen LogP contribution in [-0.4, -0.2) is 24.5 Å². The fourth-order valence-electron chi connectivity index (χ4n) is 1.79. The molecule has 19 heavy (non-hydrogen) atoms. The topological polar surface area (TPSA) is 61.7 Å². The molecule has 2 aromatic rings. The van der Waals surface area contributed by atoms with Crippen LogP contribution in [0.3, 0.4) is 0 Å². The van der Waals surface area contributed by atoms with E-state index in [1.807, 2.05) is 0 Å². The van der Waals surface area contributed by atoms with Gasteiger partial charge < -0.3 is 5.73 Å². The number of thiocarbonyl (C=S) groups is 1. The van der Waals surface area contributed by atoms with Crippen LogP contribution in [0.1, 0.15) is 17.0 Å². The Morgan fingerprint density at radius 3 is 2.47 bits per heavy atom. The van der Waals surface area contributed by atoms with Crippen molar-refractivity contribution in [3.8, 4) is 5.82 Å². The molecule has 2 heterocycles. The summed E-state index contributed by atoms with van der Waals surface area (Å²) in [5.41, 5.74) is 5.54. The summed E-state index contributed by atoms with van der Waals surface area (Å²) < 4.78 is 40.1. The van der Waals surface area contributed by atoms with E-state index in [4.69, 9.17) is 18.0 Å². The fraction of sp³-hybridized carbons (Fsp3) is 0.300. The van der Waals surface area contributed by atoms with E-state index in [2.05, 4.69) is 10.2 Å². The first kappa shape index (κ1) is 13.5. The number of hydrogen-bond donors (Lipinski definition) is 1. The molecular weight excluding hydrogens is 279 g/mol. The van der Waals surface area contributed by atoms with Gasteiger partial charge in [0.1, 0.15) is 4.99 Å². The van der Waals surface area contributed by atoms with Gasteiger partial charge in [0, 0.05) is 13.2 Å². The van der Waals surface area contributed by atoms with Gasteiger partial charge in [-0.2, -0.15) is 23.4 Å². The lowest BCUT2D eigenvalue weighted by atomic mass is 10.2. The first-order valence-corrected chi connectivity index (χ1v) is 5.59. The van der Waals surface area contributed by atoms with Crippen molar-refractivity contribution in [2.24, 2.45) is 12.8 Å². The van der Waals surface area contributed by atoms with E-state index in [9.17, 15) is 13.2 Å². The number of halogens is 3. The maximum atomic E-state index is 12.5. The van der Waals surface area contributed by atoms with Gasteiger partial charge in [0.15, 0.2) is 11.5 Å². The van der Waals surface area contributed by atoms with E-state index in [-0.39, 0.29) is 4.99 Å². The number of nitrogens with zero attached hydrogens (tertiary/aromatic N) is 4. The summed E-state index contributed by atoms with van der Waals surface area (Å²) in [6, 6.07) is 0.881. The maximum absolute atomic E-state index is 12.5. The Labute approximate surface area is 111 Å². The molecule has 0 fully saturated rings. The normalized spacial score (nSPS) is 11.8. The van der Waals surface area contributed by atoms with Gasteiger partial charge in [-0.25, -0.2) is 4.68 Å². The summed E-state index contributed by atoms with van der Waals surface area (Å²) in [4.78, 5) is 0.0599. The fourth-order valence-corrected chi connectivity index (χ4v) is 2.03. The molecule has 5 nitrogen and oxygen atoms in total. The molecule has 102 valence electrons. The lowest BCUT2D eigenvalue weighted by Gasteiger charge is -2.06. The molecular formula is C10H10F3N5S. The Morgan fingerprint density at radius 1 is 1.37 bits per heavy atom. The molecule has 2 aromatic heterocycles. The van der Waals surface area contributed by atoms with Crippen molar-refractivity contribution in [1.29, 1.82) is 0 Å². The zero-order valence-corrected chi connectivity index (χ0v) is 10.9. The van der Waals surface area contributed by atoms with Crippen molar-refractivity contribution < 1.29 is 13.2 Å². The summed E-state index contributed by atoms with van der Waals surface area (Å²) in [5, 5.41) is 7.57. The van der Waals surface area contributed by atoms with Gasteiger partial charge in [0.25, 0.3) is 0 Å². The number of alkyl halides is 3. The molecule has 0 aliphatic heterocycles. The second-order valence-corrected chi connectivity index (χ2v) is 4.36. The standard InChI is InChI=1S/C10H10F3N5S/c1-5-7(8(14)19)9(17(2)15-5)18-4-3-6(16-18)10(11,12)13/h3-4H,1-2H3,(H2,14,19). The first-order valence-electron chi connectivity index (χ1n) is 5.18. The van der Waals surface area contributed by atoms with E-state index >= 15 is 0 Å². The third-order valence-electron chi connectivity index (χ3n) is 2.53. The van der Waals surface area contributed by atoms with Gasteiger partial charge in [0.2, 0.25) is 0 Å². The van der Waals surface area contributed by atoms with Crippen LogP contribution in [0.5, 0.6) is 0 Å². The second kappa shape index (κ2) is 4.34. The lowest BCUT2D eigenvalue weighted by Crippen LogP contribution is -2.16. The Morgan fingerprint density at radius 2 is 2.00 bits per heavy atom. The third kappa shape index (κ3) is 2.33. The second-order valence-electron chi connectivity index (χ2n) is 3.92. The molecule has 0 aromatic carbocycles. The van der Waals surface area contributed by atoms with Crippen LogP contribution in [0.25, 0.3) is 5.82 Å². The first-order chi connectivity index (χ1) is 8.71. The predicted octanol–water partition coefficient (Wildman–Crippen LogP) is 1.57. The summed E-state index contributed by atoms with van der Waals surface area (Å²) in [7, 11) is 1.58. The van der Waals surface area contributed by atoms with Crippen LogP contribution in [-0.2, 0) is 13.2 Å². The molecule has 0 bridgehead atoms. The Kier molecular flexibility index (Phi) is 3.09. The summed E-state index contributed by atoms with van der Waals surface area (Å²) in [5.74, 6) is 0.306. The molecule has 0 saturated carbocycles. The SMILES string of the molecule is Cc1nn(C)c(-n2ccc(C(F)(F)F)n2)c1C(N)=S. The summed E-state index contributed by atoms with van der Waals surface area (Å²) in [6.45, 7) is 1.67. The average Bonchev–Trinajstić information content (AvgIpc) is 2.81. The highest BCUT2D eigenvalue weighted by Crippen LogP contribution is 2.28. The van der Waals surface area contributed by atoms with Gasteiger partial charge in [-0.15, -0.1) is 0 Å². The van der Waals surface area contributed by atoms with Crippen molar-refractivity contribution in [3.63, 3.8) is 0 Å². The van der Waals surface area contributed by atoms with Crippen LogP contribution in [0.4, 0.5) is 13.2 Å². The molecule has 0 aliphatic carbocycles. The Hall–Kier alpha value is -1.90. The largest absolute Gasteiger partial charge is 0.435 e. The number of rotatable bonds is 2. The summed E-state index contributed by atoms with van der Waals surface area (Å²) in [6.07, 6.45) is -3.30. The number of aromatic nitrogens is 4. The van der Waals surface area contributed by atoms with Gasteiger partial charge in [-0.1, -0.05) is 12.2 Å². The minimum absolute atomic E-state index is 0.0599. The van der Waals surface area contributed by atoms with Gasteiger partial charge in [-0.3, -0.25) is 4.68 Å². The lowest BCUT2D eigenvalue weighted by molar-refractivity contribution is -0.141. The molecule has 2 rings (SSSR count). The predicted molar refractivity (Wildman–Crippen MR) is 66.0 cm³/mol. The van der Waals surface area contributed by atoms with E-state index in [1.165, 1.54) is 10.9 Å². The van der Waals surface area contributed by atoms with Crippen LogP contribution in [0.15, 0.2) is 12.3 Å². The van der Waals surface area contributed by atoms with Gasteiger partial charge >= 0.3 is 6.18 Å². The smallest absolute Gasteiger partial charge is 0.389 e. The van der Waals surface area contributed by atoms with Crippen molar-refractivity contribution in [2.45, 2.75) is 13.1 Å². The Bertz CT molecular complexity index is 640. The van der Waals surface area contributed by atoms with Crippen LogP contribution < -0.4 is 5.73 Å². The highest BCUT2D eigenvalue weighted by molar-refractivity contribution is 7.80. The summed E-state index contributed by atoms with van der Waals surface area (Å²) >= 11 is 4.89. The van der Waals surface area contributed by atoms with E-state index in [0.717, 1.165) is 10.7 Å². The van der Waals surface area contributed by atoms with Crippen LogP contribution >= 0.6 is 12.2 Å². The third-order valence-corrected chi connectivity index (χ3v) is 2.74. The zero-order valence-electron chi connectivity index (χ0n) is 10.1. The number of hydrogen-bond acceptors (Lipinski definition) is 3. The van der Waals surface area contributed by atoms with Crippen molar-refractivity contribution in [1.82, 2.24) is 19.6 Å². The highest BCUT2D eigenvalue weighted by atomic mass is 32.1. The molecule has 0 saturated heterocycles. The van der Waals surface area contributed by atoms with E-state index in [0.29, 0.717) is 17.1 Å². The van der Waals surface area contributed by atoms with Crippen molar-refractivity contribution in [2.75, 3.05) is 0 Å². The molecule has 0 unspecified atom stereocenters. The molecule has 0 atom stereocenters. The molecule has 0 amide bonds. The van der Waals surface area contributed by atoms with E-state index in [1.54, 1.807) is 14.0 Å². The molecule has 0 aliphatic rings. The van der Waals surface area contributed by atoms with Crippen LogP contribution in [0, 0.1) is 6.92 Å². The number of aryl methyl sites for hydroxylation is 2. The quantitative estimate of drug-likeness (QED) is 0.852. The molecule has 2 N–H and O–H groups in total. The van der Waals surface area contributed by atoms with Gasteiger partial charge in [-0.05, 0) is 13.0 Å². The Balaban J connectivity index is 2.60. The average molecular weight is 289 g/mol. The van der Waals surface area contributed by atoms with E-state index < -0.39 is 11.9 Å². The zero-order chi connectivity index (χ0) is 14.4. The monoisotopic (exact) mass is 289 g/mol. The highest BCUT2D eigenvalue weighted by Gasteiger charge is 2.34. The van der Waals surface area contributed by atoms with Crippen LogP contribution in [0.2, 0.25) is 0 Å². The number of nitrogens with two attached hydrogens (primary N) is 1. The van der Waals surface area contributed by atoms with Gasteiger partial charge in [0.05, 0.1) is 11.3 Å². The van der Waals surface area contributed by atoms with Crippen molar-refractivity contribution in [3.05, 3.63) is 29.2 Å². The minimum Gasteiger partial charge on any atom is -0.389 e. The molecule has 9 heteroatoms. The minimum atomic E-state index is -4.50.